The summed E-state index contributed by atoms with van der Waals surface area (Å²) in [7, 11) is 1.70. The predicted octanol–water partition coefficient (Wildman–Crippen LogP) is -2.01. The van der Waals surface area contributed by atoms with Gasteiger partial charge in [0, 0.05) is 13.1 Å². The number of aryl methyl sites for hydroxylation is 1. The van der Waals surface area contributed by atoms with E-state index in [0.29, 0.717) is 5.82 Å². The van der Waals surface area contributed by atoms with Crippen molar-refractivity contribution in [1.82, 2.24) is 25.0 Å². The molecule has 1 aromatic carbocycles. The van der Waals surface area contributed by atoms with E-state index in [0.717, 1.165) is 0 Å². The van der Waals surface area contributed by atoms with Gasteiger partial charge in [0.15, 0.2) is 5.36 Å². The highest BCUT2D eigenvalue weighted by atomic mass is 16.1. The van der Waals surface area contributed by atoms with Crippen molar-refractivity contribution >= 4 is 11.8 Å². The zero-order chi connectivity index (χ0) is 16.2. The molecule has 3 rings (SSSR count). The fourth-order valence-corrected chi connectivity index (χ4v) is 1.71. The van der Waals surface area contributed by atoms with Crippen LogP contribution in [0.3, 0.4) is 0 Å². The Kier molecular flexibility index (Phi) is 3.74. The lowest BCUT2D eigenvalue weighted by Crippen LogP contribution is -2.48. The van der Waals surface area contributed by atoms with Crippen LogP contribution >= 0.6 is 0 Å². The normalized spacial score (nSPS) is 12.6. The van der Waals surface area contributed by atoms with Crippen LogP contribution in [0.15, 0.2) is 50.5 Å². The molecule has 0 spiro atoms. The third-order valence-corrected chi connectivity index (χ3v) is 2.87. The molecule has 0 unspecified atom stereocenters. The van der Waals surface area contributed by atoms with Gasteiger partial charge in [0.25, 0.3) is 0 Å². The first kappa shape index (κ1) is 14.3. The van der Waals surface area contributed by atoms with E-state index < -0.39 is 10.9 Å². The van der Waals surface area contributed by atoms with Crippen molar-refractivity contribution in [3.05, 3.63) is 61.9 Å². The highest BCUT2D eigenvalue weighted by Gasteiger charge is 2.02. The second kappa shape index (κ2) is 6.01. The van der Waals surface area contributed by atoms with Gasteiger partial charge in [-0.05, 0) is 12.1 Å². The SMILES string of the molecule is Cn1nccc1N/N=c1\c(=O)cc/c(=N\Nc2ncn[nH]2)c1=O. The number of H-pyrrole nitrogens is 1. The number of nitrogens with zero attached hydrogens (tertiary/aromatic N) is 6. The van der Waals surface area contributed by atoms with E-state index in [1.54, 1.807) is 19.3 Å². The number of hydrogen-bond acceptors (Lipinski definition) is 9. The molecule has 0 atom stereocenters. The van der Waals surface area contributed by atoms with Crippen molar-refractivity contribution in [2.75, 3.05) is 10.9 Å². The topological polar surface area (TPSA) is 142 Å². The van der Waals surface area contributed by atoms with Crippen LogP contribution in [0, 0.1) is 0 Å². The van der Waals surface area contributed by atoms with E-state index in [1.165, 1.54) is 23.1 Å². The first-order chi connectivity index (χ1) is 11.1. The molecule has 11 nitrogen and oxygen atoms in total. The second-order valence-electron chi connectivity index (χ2n) is 4.38. The van der Waals surface area contributed by atoms with Crippen molar-refractivity contribution in [2.45, 2.75) is 0 Å². The summed E-state index contributed by atoms with van der Waals surface area (Å²) in [4.78, 5) is 27.9. The van der Waals surface area contributed by atoms with Gasteiger partial charge in [-0.1, -0.05) is 0 Å². The van der Waals surface area contributed by atoms with E-state index >= 15 is 0 Å². The molecule has 23 heavy (non-hydrogen) atoms. The molecular formula is C12H11N9O2. The molecule has 11 heteroatoms. The van der Waals surface area contributed by atoms with Crippen LogP contribution < -0.4 is 32.4 Å². The van der Waals surface area contributed by atoms with Crippen molar-refractivity contribution in [1.29, 1.82) is 0 Å². The van der Waals surface area contributed by atoms with Crippen molar-refractivity contribution in [3.8, 4) is 0 Å². The fourth-order valence-electron chi connectivity index (χ4n) is 1.71. The number of aromatic amines is 1. The Morgan fingerprint density at radius 2 is 2.04 bits per heavy atom. The van der Waals surface area contributed by atoms with Gasteiger partial charge in [-0.15, -0.1) is 0 Å². The van der Waals surface area contributed by atoms with Crippen LogP contribution in [0.5, 0.6) is 0 Å². The molecule has 2 heterocycles. The number of rotatable bonds is 4. The maximum atomic E-state index is 12.3. The van der Waals surface area contributed by atoms with E-state index in [4.69, 9.17) is 0 Å². The highest BCUT2D eigenvalue weighted by molar-refractivity contribution is 5.32. The first-order valence-electron chi connectivity index (χ1n) is 6.43. The molecular weight excluding hydrogens is 302 g/mol. The number of hydrogen-bond donors (Lipinski definition) is 3. The van der Waals surface area contributed by atoms with Gasteiger partial charge in [0.1, 0.15) is 17.5 Å². The molecule has 3 aromatic rings. The van der Waals surface area contributed by atoms with Crippen LogP contribution in [0.25, 0.3) is 0 Å². The molecule has 3 N–H and O–H groups in total. The Hall–Kier alpha value is -3.63. The molecule has 0 saturated carbocycles. The maximum absolute atomic E-state index is 12.3. The average Bonchev–Trinajstić information content (AvgIpc) is 3.18. The molecule has 0 saturated heterocycles. The van der Waals surface area contributed by atoms with E-state index in [-0.39, 0.29) is 16.7 Å². The van der Waals surface area contributed by atoms with E-state index in [2.05, 4.69) is 41.3 Å². The molecule has 0 fully saturated rings. The van der Waals surface area contributed by atoms with Gasteiger partial charge in [-0.25, -0.2) is 10.5 Å². The lowest BCUT2D eigenvalue weighted by Gasteiger charge is -1.98. The van der Waals surface area contributed by atoms with Crippen LogP contribution in [0.1, 0.15) is 0 Å². The monoisotopic (exact) mass is 313 g/mol. The molecule has 0 aliphatic carbocycles. The first-order valence-corrected chi connectivity index (χ1v) is 6.43. The minimum absolute atomic E-state index is 0.0200. The maximum Gasteiger partial charge on any atom is 0.239 e. The molecule has 2 aromatic heterocycles. The van der Waals surface area contributed by atoms with Gasteiger partial charge in [-0.3, -0.25) is 19.7 Å². The van der Waals surface area contributed by atoms with Crippen molar-refractivity contribution < 1.29 is 0 Å². The molecule has 0 aliphatic heterocycles. The number of benzene rings is 1. The predicted molar refractivity (Wildman–Crippen MR) is 79.3 cm³/mol. The van der Waals surface area contributed by atoms with Crippen molar-refractivity contribution in [3.63, 3.8) is 0 Å². The summed E-state index contributed by atoms with van der Waals surface area (Å²) in [5, 5.41) is 17.6. The molecule has 0 amide bonds. The Balaban J connectivity index is 1.99. The Labute approximate surface area is 127 Å². The second-order valence-corrected chi connectivity index (χ2v) is 4.38. The summed E-state index contributed by atoms with van der Waals surface area (Å²) in [6.07, 6.45) is 2.84. The zero-order valence-electron chi connectivity index (χ0n) is 11.9. The van der Waals surface area contributed by atoms with Gasteiger partial charge >= 0.3 is 0 Å². The summed E-state index contributed by atoms with van der Waals surface area (Å²) < 4.78 is 1.51. The Bertz CT molecular complexity index is 1030. The summed E-state index contributed by atoms with van der Waals surface area (Å²) in [5.74, 6) is 0.799. The number of anilines is 2. The van der Waals surface area contributed by atoms with Crippen LogP contribution in [-0.2, 0) is 7.05 Å². The summed E-state index contributed by atoms with van der Waals surface area (Å²) in [6.45, 7) is 0. The lowest BCUT2D eigenvalue weighted by molar-refractivity contribution is 0.770. The van der Waals surface area contributed by atoms with Crippen LogP contribution in [0.4, 0.5) is 11.8 Å². The van der Waals surface area contributed by atoms with E-state index in [1.807, 2.05) is 0 Å². The lowest BCUT2D eigenvalue weighted by atomic mass is 10.3. The third kappa shape index (κ3) is 3.02. The highest BCUT2D eigenvalue weighted by Crippen LogP contribution is 2.01. The summed E-state index contributed by atoms with van der Waals surface area (Å²) in [5.41, 5.74) is 4.02. The fraction of sp³-hybridized carbons (Fsp3) is 0.0833. The number of aromatic nitrogens is 5. The third-order valence-electron chi connectivity index (χ3n) is 2.87. The standard InChI is InChI=1S/C12H11N9O2/c1-21-9(4-5-15-21)17-18-10-8(22)3-2-7(11(10)23)16-20-12-13-6-14-19-12/h2-6,17H,1H3,(H2,13,14,19,20)/b16-7+,18-10+. The number of nitrogens with one attached hydrogen (secondary N) is 3. The molecule has 0 bridgehead atoms. The van der Waals surface area contributed by atoms with Crippen LogP contribution in [-0.4, -0.2) is 25.0 Å². The van der Waals surface area contributed by atoms with Gasteiger partial charge in [0.2, 0.25) is 16.8 Å². The summed E-state index contributed by atoms with van der Waals surface area (Å²) >= 11 is 0. The van der Waals surface area contributed by atoms with Gasteiger partial charge in [0.05, 0.1) is 6.20 Å². The quantitative estimate of drug-likeness (QED) is 0.472. The van der Waals surface area contributed by atoms with Crippen LogP contribution in [0.2, 0.25) is 0 Å². The molecule has 116 valence electrons. The molecule has 0 radical (unpaired) electrons. The van der Waals surface area contributed by atoms with E-state index in [9.17, 15) is 9.59 Å². The summed E-state index contributed by atoms with van der Waals surface area (Å²) in [6, 6.07) is 4.17. The van der Waals surface area contributed by atoms with Crippen molar-refractivity contribution in [2.24, 2.45) is 17.3 Å². The van der Waals surface area contributed by atoms with Gasteiger partial charge in [-0.2, -0.15) is 25.4 Å². The zero-order valence-corrected chi connectivity index (χ0v) is 11.9. The smallest absolute Gasteiger partial charge is 0.239 e. The molecule has 0 aliphatic rings. The Morgan fingerprint density at radius 3 is 2.74 bits per heavy atom. The minimum atomic E-state index is -0.612. The largest absolute Gasteiger partial charge is 0.287 e. The minimum Gasteiger partial charge on any atom is -0.287 e. The average molecular weight is 313 g/mol. The Morgan fingerprint density at radius 1 is 1.17 bits per heavy atom. The van der Waals surface area contributed by atoms with Gasteiger partial charge < -0.3 is 0 Å².